The van der Waals surface area contributed by atoms with Gasteiger partial charge in [-0.1, -0.05) is 20.3 Å². The van der Waals surface area contributed by atoms with Crippen LogP contribution in [0.4, 0.5) is 0 Å². The summed E-state index contributed by atoms with van der Waals surface area (Å²) in [6, 6.07) is -0.271. The molecule has 0 bridgehead atoms. The Kier molecular flexibility index (Phi) is 5.65. The van der Waals surface area contributed by atoms with E-state index >= 15 is 0 Å². The summed E-state index contributed by atoms with van der Waals surface area (Å²) >= 11 is 0. The van der Waals surface area contributed by atoms with Crippen molar-refractivity contribution in [2.75, 3.05) is 26.4 Å². The molecular weight excluding hydrogens is 194 g/mol. The maximum absolute atomic E-state index is 11.5. The molecule has 0 amide bonds. The van der Waals surface area contributed by atoms with Gasteiger partial charge in [-0.15, -0.1) is 0 Å². The number of rotatable bonds is 5. The van der Waals surface area contributed by atoms with Crippen LogP contribution in [0.2, 0.25) is 0 Å². The Labute approximate surface area is 91.3 Å². The van der Waals surface area contributed by atoms with Crippen LogP contribution in [-0.2, 0) is 14.3 Å². The molecule has 0 aromatic rings. The summed E-state index contributed by atoms with van der Waals surface area (Å²) in [6.07, 6.45) is 2.23. The average Bonchev–Trinajstić information content (AvgIpc) is 2.27. The van der Waals surface area contributed by atoms with E-state index in [2.05, 4.69) is 19.2 Å². The number of morpholine rings is 1. The van der Waals surface area contributed by atoms with Gasteiger partial charge in [0.05, 0.1) is 19.8 Å². The van der Waals surface area contributed by atoms with Crippen LogP contribution in [0, 0.1) is 5.92 Å². The fourth-order valence-electron chi connectivity index (χ4n) is 1.62. The van der Waals surface area contributed by atoms with Crippen molar-refractivity contribution in [1.29, 1.82) is 0 Å². The van der Waals surface area contributed by atoms with Gasteiger partial charge >= 0.3 is 5.97 Å². The predicted molar refractivity (Wildman–Crippen MR) is 57.6 cm³/mol. The van der Waals surface area contributed by atoms with Crippen LogP contribution in [0.3, 0.4) is 0 Å². The fraction of sp³-hybridized carbons (Fsp3) is 0.909. The summed E-state index contributed by atoms with van der Waals surface area (Å²) in [5.74, 6) is 0.265. The lowest BCUT2D eigenvalue weighted by atomic mass is 10.1. The van der Waals surface area contributed by atoms with Crippen LogP contribution in [0.15, 0.2) is 0 Å². The van der Waals surface area contributed by atoms with Crippen LogP contribution in [0.5, 0.6) is 0 Å². The number of ether oxygens (including phenoxy) is 2. The highest BCUT2D eigenvalue weighted by Gasteiger charge is 2.22. The Bertz CT molecular complexity index is 190. The number of hydrogen-bond acceptors (Lipinski definition) is 4. The minimum absolute atomic E-state index is 0.183. The average molecular weight is 215 g/mol. The van der Waals surface area contributed by atoms with E-state index in [0.717, 1.165) is 19.4 Å². The molecule has 0 saturated carbocycles. The molecule has 1 N–H and O–H groups in total. The first-order valence-electron chi connectivity index (χ1n) is 5.71. The third-order valence-corrected chi connectivity index (χ3v) is 2.50. The molecule has 15 heavy (non-hydrogen) atoms. The van der Waals surface area contributed by atoms with E-state index in [1.165, 1.54) is 0 Å². The van der Waals surface area contributed by atoms with Crippen LogP contribution >= 0.6 is 0 Å². The topological polar surface area (TPSA) is 47.6 Å². The normalized spacial score (nSPS) is 23.5. The van der Waals surface area contributed by atoms with Gasteiger partial charge in [0.1, 0.15) is 6.04 Å². The lowest BCUT2D eigenvalue weighted by Crippen LogP contribution is -2.47. The lowest BCUT2D eigenvalue weighted by Gasteiger charge is -2.22. The first kappa shape index (κ1) is 12.5. The second-order valence-electron chi connectivity index (χ2n) is 4.11. The quantitative estimate of drug-likeness (QED) is 0.694. The summed E-state index contributed by atoms with van der Waals surface area (Å²) in [5, 5.41) is 3.08. The molecule has 1 heterocycles. The van der Waals surface area contributed by atoms with Gasteiger partial charge in [-0.2, -0.15) is 0 Å². The van der Waals surface area contributed by atoms with E-state index in [-0.39, 0.29) is 12.0 Å². The van der Waals surface area contributed by atoms with E-state index in [9.17, 15) is 4.79 Å². The lowest BCUT2D eigenvalue weighted by molar-refractivity contribution is -0.150. The first-order valence-corrected chi connectivity index (χ1v) is 5.71. The number of hydrogen-bond donors (Lipinski definition) is 1. The molecule has 0 aromatic heterocycles. The van der Waals surface area contributed by atoms with Crippen LogP contribution in [0.1, 0.15) is 26.7 Å². The van der Waals surface area contributed by atoms with E-state index in [1.807, 2.05) is 0 Å². The second-order valence-corrected chi connectivity index (χ2v) is 4.11. The van der Waals surface area contributed by atoms with E-state index in [1.54, 1.807) is 0 Å². The van der Waals surface area contributed by atoms with Crippen molar-refractivity contribution in [2.45, 2.75) is 32.7 Å². The largest absolute Gasteiger partial charge is 0.464 e. The summed E-state index contributed by atoms with van der Waals surface area (Å²) < 4.78 is 10.4. The third kappa shape index (κ3) is 4.62. The highest BCUT2D eigenvalue weighted by atomic mass is 16.5. The Morgan fingerprint density at radius 3 is 3.07 bits per heavy atom. The number of carbonyl (C=O) groups excluding carboxylic acids is 1. The Morgan fingerprint density at radius 1 is 1.67 bits per heavy atom. The molecule has 1 aliphatic rings. The molecule has 4 heteroatoms. The summed E-state index contributed by atoms with van der Waals surface area (Å²) in [5.41, 5.74) is 0. The maximum Gasteiger partial charge on any atom is 0.325 e. The molecule has 1 fully saturated rings. The number of carbonyl (C=O) groups is 1. The molecule has 2 unspecified atom stereocenters. The molecule has 1 aliphatic heterocycles. The summed E-state index contributed by atoms with van der Waals surface area (Å²) in [7, 11) is 0. The highest BCUT2D eigenvalue weighted by Crippen LogP contribution is 2.06. The van der Waals surface area contributed by atoms with E-state index in [0.29, 0.717) is 25.7 Å². The van der Waals surface area contributed by atoms with E-state index in [4.69, 9.17) is 9.47 Å². The zero-order chi connectivity index (χ0) is 11.1. The number of esters is 1. The molecule has 88 valence electrons. The van der Waals surface area contributed by atoms with Crippen molar-refractivity contribution in [2.24, 2.45) is 5.92 Å². The van der Waals surface area contributed by atoms with Gasteiger partial charge in [-0.3, -0.25) is 4.79 Å². The molecule has 0 aliphatic carbocycles. The molecule has 0 aromatic carbocycles. The van der Waals surface area contributed by atoms with Crippen molar-refractivity contribution in [1.82, 2.24) is 5.32 Å². The van der Waals surface area contributed by atoms with Crippen molar-refractivity contribution in [3.05, 3.63) is 0 Å². The van der Waals surface area contributed by atoms with Gasteiger partial charge in [0.15, 0.2) is 0 Å². The SMILES string of the molecule is CCCC(C)COC(=O)C1COCCN1. The van der Waals surface area contributed by atoms with Gasteiger partial charge in [0.25, 0.3) is 0 Å². The first-order chi connectivity index (χ1) is 7.24. The van der Waals surface area contributed by atoms with Gasteiger partial charge in [-0.25, -0.2) is 0 Å². The van der Waals surface area contributed by atoms with Crippen molar-refractivity contribution >= 4 is 5.97 Å². The molecule has 4 nitrogen and oxygen atoms in total. The van der Waals surface area contributed by atoms with Crippen LogP contribution in [0.25, 0.3) is 0 Å². The fourth-order valence-corrected chi connectivity index (χ4v) is 1.62. The van der Waals surface area contributed by atoms with Gasteiger partial charge in [0.2, 0.25) is 0 Å². The minimum Gasteiger partial charge on any atom is -0.464 e. The van der Waals surface area contributed by atoms with Crippen molar-refractivity contribution in [3.8, 4) is 0 Å². The standard InChI is InChI=1S/C11H21NO3/c1-3-4-9(2)7-15-11(13)10-8-14-6-5-12-10/h9-10,12H,3-8H2,1-2H3. The van der Waals surface area contributed by atoms with Crippen molar-refractivity contribution < 1.29 is 14.3 Å². The van der Waals surface area contributed by atoms with Gasteiger partial charge in [-0.05, 0) is 12.3 Å². The Morgan fingerprint density at radius 2 is 2.47 bits per heavy atom. The molecule has 1 saturated heterocycles. The summed E-state index contributed by atoms with van der Waals surface area (Å²) in [4.78, 5) is 11.5. The third-order valence-electron chi connectivity index (χ3n) is 2.50. The smallest absolute Gasteiger partial charge is 0.325 e. The zero-order valence-electron chi connectivity index (χ0n) is 9.62. The highest BCUT2D eigenvalue weighted by molar-refractivity contribution is 5.76. The minimum atomic E-state index is -0.271. The number of nitrogens with one attached hydrogen (secondary N) is 1. The predicted octanol–water partition coefficient (Wildman–Crippen LogP) is 0.954. The van der Waals surface area contributed by atoms with Gasteiger partial charge in [0, 0.05) is 6.54 Å². The van der Waals surface area contributed by atoms with E-state index < -0.39 is 0 Å². The Balaban J connectivity index is 2.16. The molecule has 1 rings (SSSR count). The monoisotopic (exact) mass is 215 g/mol. The van der Waals surface area contributed by atoms with Gasteiger partial charge < -0.3 is 14.8 Å². The molecule has 2 atom stereocenters. The molecule has 0 radical (unpaired) electrons. The Hall–Kier alpha value is -0.610. The second kappa shape index (κ2) is 6.80. The maximum atomic E-state index is 11.5. The van der Waals surface area contributed by atoms with Crippen molar-refractivity contribution in [3.63, 3.8) is 0 Å². The zero-order valence-corrected chi connectivity index (χ0v) is 9.62. The van der Waals surface area contributed by atoms with Crippen LogP contribution in [-0.4, -0.2) is 38.4 Å². The van der Waals surface area contributed by atoms with Crippen LogP contribution < -0.4 is 5.32 Å². The molecule has 0 spiro atoms. The molecular formula is C11H21NO3. The summed E-state index contributed by atoms with van der Waals surface area (Å²) in [6.45, 7) is 6.59.